The lowest BCUT2D eigenvalue weighted by Gasteiger charge is -2.14. The van der Waals surface area contributed by atoms with E-state index in [1.165, 1.54) is 12.4 Å². The van der Waals surface area contributed by atoms with Gasteiger partial charge < -0.3 is 15.0 Å². The largest absolute Gasteiger partial charge is 0.436 e. The highest BCUT2D eigenvalue weighted by atomic mass is 19.4. The summed E-state index contributed by atoms with van der Waals surface area (Å²) in [4.78, 5) is 15.6. The van der Waals surface area contributed by atoms with Crippen LogP contribution < -0.4 is 10.1 Å². The molecule has 0 aliphatic heterocycles. The van der Waals surface area contributed by atoms with Crippen molar-refractivity contribution in [2.24, 2.45) is 0 Å². The molecular formula is C22H17F3N6O. The molecule has 0 aliphatic carbocycles. The minimum atomic E-state index is -4.68. The van der Waals surface area contributed by atoms with Crippen LogP contribution in [0.4, 0.5) is 24.8 Å². The standard InChI is InChI=1S/C22H17F3N6O/c1-11-6-12(2)18(13(3)7-11)32-20-17-19(28-10-27-17)30-21(31-20)29-15-5-4-14(9-26)16(8-15)22(23,24)25/h4-8,10H,1-3H3,(H2,27,28,29,30,31). The summed E-state index contributed by atoms with van der Waals surface area (Å²) in [6.45, 7) is 5.81. The van der Waals surface area contributed by atoms with Gasteiger partial charge in [0.1, 0.15) is 11.3 Å². The van der Waals surface area contributed by atoms with E-state index in [-0.39, 0.29) is 23.2 Å². The first kappa shape index (κ1) is 21.1. The number of anilines is 2. The normalized spacial score (nSPS) is 11.4. The first-order chi connectivity index (χ1) is 15.2. The third-order valence-electron chi connectivity index (χ3n) is 4.76. The Hall–Kier alpha value is -4.13. The lowest BCUT2D eigenvalue weighted by atomic mass is 10.1. The summed E-state index contributed by atoms with van der Waals surface area (Å²) >= 11 is 0. The Kier molecular flexibility index (Phi) is 5.18. The van der Waals surface area contributed by atoms with E-state index in [1.54, 1.807) is 6.07 Å². The number of aromatic nitrogens is 4. The van der Waals surface area contributed by atoms with Gasteiger partial charge in [-0.25, -0.2) is 4.98 Å². The van der Waals surface area contributed by atoms with Gasteiger partial charge in [0.2, 0.25) is 5.95 Å². The van der Waals surface area contributed by atoms with E-state index in [1.807, 2.05) is 32.9 Å². The summed E-state index contributed by atoms with van der Waals surface area (Å²) in [5, 5.41) is 11.7. The minimum absolute atomic E-state index is 0.000139. The van der Waals surface area contributed by atoms with Crippen LogP contribution in [0.15, 0.2) is 36.7 Å². The van der Waals surface area contributed by atoms with Crippen LogP contribution in [0.1, 0.15) is 27.8 Å². The van der Waals surface area contributed by atoms with Crippen LogP contribution in [-0.2, 0) is 6.18 Å². The summed E-state index contributed by atoms with van der Waals surface area (Å²) in [7, 11) is 0. The number of H-pyrrole nitrogens is 1. The molecule has 0 radical (unpaired) electrons. The number of alkyl halides is 3. The summed E-state index contributed by atoms with van der Waals surface area (Å²) in [6, 6.07) is 8.78. The average molecular weight is 438 g/mol. The Morgan fingerprint density at radius 1 is 1.06 bits per heavy atom. The predicted molar refractivity (Wildman–Crippen MR) is 112 cm³/mol. The predicted octanol–water partition coefficient (Wildman–Crippen LogP) is 5.70. The second-order valence-corrected chi connectivity index (χ2v) is 7.28. The number of nitriles is 1. The Balaban J connectivity index is 1.74. The van der Waals surface area contributed by atoms with E-state index in [0.29, 0.717) is 11.3 Å². The van der Waals surface area contributed by atoms with E-state index in [4.69, 9.17) is 10.00 Å². The number of rotatable bonds is 4. The quantitative estimate of drug-likeness (QED) is 0.424. The molecule has 0 saturated carbocycles. The van der Waals surface area contributed by atoms with E-state index in [0.717, 1.165) is 28.8 Å². The maximum Gasteiger partial charge on any atom is 0.417 e. The highest BCUT2D eigenvalue weighted by Gasteiger charge is 2.34. The summed E-state index contributed by atoms with van der Waals surface area (Å²) < 4.78 is 45.9. The van der Waals surface area contributed by atoms with Gasteiger partial charge in [0.05, 0.1) is 23.5 Å². The van der Waals surface area contributed by atoms with Gasteiger partial charge in [-0.05, 0) is 50.1 Å². The maximum atomic E-state index is 13.3. The third-order valence-corrected chi connectivity index (χ3v) is 4.76. The first-order valence-corrected chi connectivity index (χ1v) is 9.51. The number of benzene rings is 2. The summed E-state index contributed by atoms with van der Waals surface area (Å²) in [6.07, 6.45) is -3.25. The van der Waals surface area contributed by atoms with Crippen molar-refractivity contribution in [3.05, 3.63) is 64.5 Å². The molecule has 7 nitrogen and oxygen atoms in total. The Labute approximate surface area is 180 Å². The summed E-state index contributed by atoms with van der Waals surface area (Å²) in [5.74, 6) is 0.795. The van der Waals surface area contributed by atoms with Gasteiger partial charge in [0, 0.05) is 5.69 Å². The lowest BCUT2D eigenvalue weighted by Crippen LogP contribution is -2.09. The van der Waals surface area contributed by atoms with Gasteiger partial charge >= 0.3 is 6.18 Å². The monoisotopic (exact) mass is 438 g/mol. The fraction of sp³-hybridized carbons (Fsp3) is 0.182. The number of imidazole rings is 1. The number of hydrogen-bond acceptors (Lipinski definition) is 6. The number of halogens is 3. The molecule has 4 rings (SSSR count). The van der Waals surface area contributed by atoms with Gasteiger partial charge in [-0.3, -0.25) is 0 Å². The highest BCUT2D eigenvalue weighted by molar-refractivity contribution is 5.78. The molecule has 0 spiro atoms. The fourth-order valence-corrected chi connectivity index (χ4v) is 3.44. The fourth-order valence-electron chi connectivity index (χ4n) is 3.44. The molecule has 0 atom stereocenters. The summed E-state index contributed by atoms with van der Waals surface area (Å²) in [5.41, 5.74) is 2.19. The van der Waals surface area contributed by atoms with Crippen molar-refractivity contribution in [1.82, 2.24) is 19.9 Å². The Morgan fingerprint density at radius 2 is 1.78 bits per heavy atom. The Bertz CT molecular complexity index is 1350. The SMILES string of the molecule is Cc1cc(C)c(Oc2nc(Nc3ccc(C#N)c(C(F)(F)F)c3)nc3nc[nH]c23)c(C)c1. The number of aromatic amines is 1. The second-order valence-electron chi connectivity index (χ2n) is 7.28. The molecule has 10 heteroatoms. The van der Waals surface area contributed by atoms with E-state index in [9.17, 15) is 13.2 Å². The lowest BCUT2D eigenvalue weighted by molar-refractivity contribution is -0.137. The van der Waals surface area contributed by atoms with Crippen molar-refractivity contribution in [3.63, 3.8) is 0 Å². The highest BCUT2D eigenvalue weighted by Crippen LogP contribution is 2.35. The smallest absolute Gasteiger partial charge is 0.417 e. The van der Waals surface area contributed by atoms with Crippen molar-refractivity contribution in [3.8, 4) is 17.7 Å². The number of fused-ring (bicyclic) bond motifs is 1. The molecular weight excluding hydrogens is 421 g/mol. The Morgan fingerprint density at radius 3 is 2.44 bits per heavy atom. The van der Waals surface area contributed by atoms with Crippen LogP contribution in [-0.4, -0.2) is 19.9 Å². The molecule has 0 aliphatic rings. The van der Waals surface area contributed by atoms with Crippen LogP contribution in [0, 0.1) is 32.1 Å². The van der Waals surface area contributed by atoms with Gasteiger partial charge in [-0.15, -0.1) is 0 Å². The van der Waals surface area contributed by atoms with E-state index >= 15 is 0 Å². The molecule has 0 unspecified atom stereocenters. The molecule has 4 aromatic rings. The van der Waals surface area contributed by atoms with Crippen molar-refractivity contribution >= 4 is 22.8 Å². The molecule has 2 aromatic carbocycles. The van der Waals surface area contributed by atoms with Crippen molar-refractivity contribution in [2.75, 3.05) is 5.32 Å². The van der Waals surface area contributed by atoms with Crippen molar-refractivity contribution in [2.45, 2.75) is 26.9 Å². The van der Waals surface area contributed by atoms with E-state index in [2.05, 4.69) is 25.3 Å². The molecule has 32 heavy (non-hydrogen) atoms. The van der Waals surface area contributed by atoms with Crippen LogP contribution in [0.3, 0.4) is 0 Å². The average Bonchev–Trinajstić information content (AvgIpc) is 3.18. The molecule has 162 valence electrons. The zero-order chi connectivity index (χ0) is 23.0. The zero-order valence-corrected chi connectivity index (χ0v) is 17.3. The first-order valence-electron chi connectivity index (χ1n) is 9.51. The molecule has 2 aromatic heterocycles. The van der Waals surface area contributed by atoms with Crippen LogP contribution in [0.25, 0.3) is 11.2 Å². The number of ether oxygens (including phenoxy) is 1. The topological polar surface area (TPSA) is 99.5 Å². The zero-order valence-electron chi connectivity index (χ0n) is 17.3. The van der Waals surface area contributed by atoms with Crippen molar-refractivity contribution in [1.29, 1.82) is 5.26 Å². The van der Waals surface area contributed by atoms with Crippen LogP contribution in [0.2, 0.25) is 0 Å². The minimum Gasteiger partial charge on any atom is -0.436 e. The van der Waals surface area contributed by atoms with Gasteiger partial charge in [-0.2, -0.15) is 28.4 Å². The molecule has 0 amide bonds. The van der Waals surface area contributed by atoms with Gasteiger partial charge in [0.15, 0.2) is 5.65 Å². The molecule has 0 bridgehead atoms. The third kappa shape index (κ3) is 4.05. The van der Waals surface area contributed by atoms with Gasteiger partial charge in [-0.1, -0.05) is 17.7 Å². The number of nitrogens with zero attached hydrogens (tertiary/aromatic N) is 4. The molecule has 2 heterocycles. The molecule has 0 fully saturated rings. The molecule has 2 N–H and O–H groups in total. The maximum absolute atomic E-state index is 13.3. The van der Waals surface area contributed by atoms with E-state index < -0.39 is 17.3 Å². The van der Waals surface area contributed by atoms with Crippen LogP contribution >= 0.6 is 0 Å². The molecule has 0 saturated heterocycles. The number of nitrogens with one attached hydrogen (secondary N) is 2. The van der Waals surface area contributed by atoms with Gasteiger partial charge in [0.25, 0.3) is 5.88 Å². The number of hydrogen-bond donors (Lipinski definition) is 2. The number of aryl methyl sites for hydroxylation is 3. The second kappa shape index (κ2) is 7.85. The van der Waals surface area contributed by atoms with Crippen molar-refractivity contribution < 1.29 is 17.9 Å². The van der Waals surface area contributed by atoms with Crippen LogP contribution in [0.5, 0.6) is 11.6 Å².